The van der Waals surface area contributed by atoms with Crippen molar-refractivity contribution in [1.29, 1.82) is 0 Å². The topological polar surface area (TPSA) is 68.9 Å². The van der Waals surface area contributed by atoms with Crippen LogP contribution in [0.3, 0.4) is 0 Å². The van der Waals surface area contributed by atoms with E-state index in [4.69, 9.17) is 17.3 Å². The summed E-state index contributed by atoms with van der Waals surface area (Å²) in [5, 5.41) is 7.61. The maximum absolute atomic E-state index is 11.1. The third kappa shape index (κ3) is 2.01. The van der Waals surface area contributed by atoms with Crippen LogP contribution in [0.5, 0.6) is 0 Å². The van der Waals surface area contributed by atoms with Gasteiger partial charge in [-0.25, -0.2) is 0 Å². The molecule has 0 spiro atoms. The lowest BCUT2D eigenvalue weighted by Crippen LogP contribution is -2.13. The van der Waals surface area contributed by atoms with Gasteiger partial charge in [0, 0.05) is 5.56 Å². The largest absolute Gasteiger partial charge is 0.366 e. The Morgan fingerprint density at radius 3 is 2.50 bits per heavy atom. The fraction of sp³-hybridized carbons (Fsp3) is 0. The number of carbonyl (C=O) groups is 1. The van der Waals surface area contributed by atoms with Gasteiger partial charge in [-0.2, -0.15) is 0 Å². The minimum atomic E-state index is -0.614. The molecule has 1 aromatic carbocycles. The van der Waals surface area contributed by atoms with Gasteiger partial charge in [-0.05, 0) is 6.07 Å². The van der Waals surface area contributed by atoms with Crippen LogP contribution in [0.15, 0.2) is 36.4 Å². The number of primary amides is 1. The summed E-state index contributed by atoms with van der Waals surface area (Å²) in [4.78, 5) is 11.1. The molecule has 80 valence electrons. The van der Waals surface area contributed by atoms with Gasteiger partial charge in [-0.3, -0.25) is 4.79 Å². The van der Waals surface area contributed by atoms with Gasteiger partial charge < -0.3 is 5.73 Å². The van der Waals surface area contributed by atoms with Crippen LogP contribution >= 0.6 is 11.6 Å². The zero-order valence-corrected chi connectivity index (χ0v) is 8.98. The average Bonchev–Trinajstić information content (AvgIpc) is 2.30. The van der Waals surface area contributed by atoms with E-state index in [2.05, 4.69) is 10.2 Å². The van der Waals surface area contributed by atoms with E-state index in [0.717, 1.165) is 5.56 Å². The number of hydrogen-bond acceptors (Lipinski definition) is 3. The summed E-state index contributed by atoms with van der Waals surface area (Å²) >= 11 is 5.70. The van der Waals surface area contributed by atoms with Crippen molar-refractivity contribution in [3.8, 4) is 11.3 Å². The Hall–Kier alpha value is -1.94. The van der Waals surface area contributed by atoms with Gasteiger partial charge in [0.05, 0.1) is 11.3 Å². The maximum Gasteiger partial charge on any atom is 0.251 e. The molecule has 2 rings (SSSR count). The highest BCUT2D eigenvalue weighted by molar-refractivity contribution is 6.32. The molecule has 0 aliphatic rings. The number of benzene rings is 1. The summed E-state index contributed by atoms with van der Waals surface area (Å²) in [6, 6.07) is 10.9. The van der Waals surface area contributed by atoms with Crippen molar-refractivity contribution < 1.29 is 4.79 Å². The molecule has 0 bridgehead atoms. The maximum atomic E-state index is 11.1. The second-order valence-corrected chi connectivity index (χ2v) is 3.52. The predicted octanol–water partition coefficient (Wildman–Crippen LogP) is 1.90. The zero-order valence-electron chi connectivity index (χ0n) is 8.22. The first kappa shape index (κ1) is 10.6. The summed E-state index contributed by atoms with van der Waals surface area (Å²) in [5.74, 6) is -0.614. The van der Waals surface area contributed by atoms with E-state index in [9.17, 15) is 4.79 Å². The van der Waals surface area contributed by atoms with Gasteiger partial charge in [0.25, 0.3) is 5.91 Å². The summed E-state index contributed by atoms with van der Waals surface area (Å²) in [6.07, 6.45) is 0. The molecule has 1 aromatic heterocycles. The fourth-order valence-electron chi connectivity index (χ4n) is 1.30. The van der Waals surface area contributed by atoms with E-state index >= 15 is 0 Å². The number of halogens is 1. The van der Waals surface area contributed by atoms with Crippen molar-refractivity contribution >= 4 is 17.5 Å². The highest BCUT2D eigenvalue weighted by Gasteiger charge is 2.10. The van der Waals surface area contributed by atoms with Gasteiger partial charge >= 0.3 is 0 Å². The first-order chi connectivity index (χ1) is 7.68. The Balaban J connectivity index is 2.52. The van der Waals surface area contributed by atoms with E-state index in [-0.39, 0.29) is 10.7 Å². The van der Waals surface area contributed by atoms with Crippen LogP contribution in [0, 0.1) is 0 Å². The van der Waals surface area contributed by atoms with Gasteiger partial charge in [0.2, 0.25) is 0 Å². The standard InChI is InChI=1S/C11H8ClN3O/c12-10-8(11(13)16)6-9(14-15-10)7-4-2-1-3-5-7/h1-6H,(H2,13,16). The predicted molar refractivity (Wildman–Crippen MR) is 61.0 cm³/mol. The molecule has 0 saturated heterocycles. The van der Waals surface area contributed by atoms with E-state index < -0.39 is 5.91 Å². The summed E-state index contributed by atoms with van der Waals surface area (Å²) in [7, 11) is 0. The van der Waals surface area contributed by atoms with E-state index in [1.807, 2.05) is 30.3 Å². The lowest BCUT2D eigenvalue weighted by atomic mass is 10.1. The van der Waals surface area contributed by atoms with Crippen LogP contribution in [0.25, 0.3) is 11.3 Å². The van der Waals surface area contributed by atoms with Crippen LogP contribution < -0.4 is 5.73 Å². The monoisotopic (exact) mass is 233 g/mol. The number of nitrogens with two attached hydrogens (primary N) is 1. The smallest absolute Gasteiger partial charge is 0.251 e. The molecule has 0 atom stereocenters. The molecule has 2 aromatic rings. The highest BCUT2D eigenvalue weighted by Crippen LogP contribution is 2.20. The van der Waals surface area contributed by atoms with E-state index in [1.165, 1.54) is 6.07 Å². The van der Waals surface area contributed by atoms with E-state index in [0.29, 0.717) is 5.69 Å². The summed E-state index contributed by atoms with van der Waals surface area (Å²) in [5.41, 5.74) is 6.77. The number of nitrogens with zero attached hydrogens (tertiary/aromatic N) is 2. The molecule has 1 heterocycles. The first-order valence-corrected chi connectivity index (χ1v) is 4.94. The molecule has 4 nitrogen and oxygen atoms in total. The normalized spacial score (nSPS) is 10.1. The van der Waals surface area contributed by atoms with Crippen molar-refractivity contribution in [1.82, 2.24) is 10.2 Å². The van der Waals surface area contributed by atoms with E-state index in [1.54, 1.807) is 0 Å². The minimum absolute atomic E-state index is 0.0205. The van der Waals surface area contributed by atoms with Crippen molar-refractivity contribution in [2.45, 2.75) is 0 Å². The molecular formula is C11H8ClN3O. The molecule has 16 heavy (non-hydrogen) atoms. The van der Waals surface area contributed by atoms with Crippen molar-refractivity contribution in [2.24, 2.45) is 5.73 Å². The highest BCUT2D eigenvalue weighted by atomic mass is 35.5. The van der Waals surface area contributed by atoms with Crippen LogP contribution in [-0.4, -0.2) is 16.1 Å². The Morgan fingerprint density at radius 1 is 1.19 bits per heavy atom. The first-order valence-electron chi connectivity index (χ1n) is 4.57. The van der Waals surface area contributed by atoms with Gasteiger partial charge in [-0.1, -0.05) is 41.9 Å². The Kier molecular flexibility index (Phi) is 2.83. The molecule has 1 amide bonds. The van der Waals surface area contributed by atoms with Crippen molar-refractivity contribution in [2.75, 3.05) is 0 Å². The molecule has 0 unspecified atom stereocenters. The van der Waals surface area contributed by atoms with Crippen LogP contribution in [0.4, 0.5) is 0 Å². The van der Waals surface area contributed by atoms with Gasteiger partial charge in [0.1, 0.15) is 0 Å². The Morgan fingerprint density at radius 2 is 1.88 bits per heavy atom. The molecule has 0 aliphatic carbocycles. The van der Waals surface area contributed by atoms with Gasteiger partial charge in [-0.15, -0.1) is 10.2 Å². The fourth-order valence-corrected chi connectivity index (χ4v) is 1.49. The van der Waals surface area contributed by atoms with Crippen LogP contribution in [-0.2, 0) is 0 Å². The second-order valence-electron chi connectivity index (χ2n) is 3.16. The minimum Gasteiger partial charge on any atom is -0.366 e. The molecule has 2 N–H and O–H groups in total. The Labute approximate surface area is 97.1 Å². The number of rotatable bonds is 2. The number of aromatic nitrogens is 2. The second kappa shape index (κ2) is 4.28. The number of amides is 1. The quantitative estimate of drug-likeness (QED) is 0.861. The van der Waals surface area contributed by atoms with Gasteiger partial charge in [0.15, 0.2) is 5.15 Å². The summed E-state index contributed by atoms with van der Waals surface area (Å²) < 4.78 is 0. The molecular weight excluding hydrogens is 226 g/mol. The van der Waals surface area contributed by atoms with Crippen LogP contribution in [0.1, 0.15) is 10.4 Å². The lowest BCUT2D eigenvalue weighted by molar-refractivity contribution is 0.1000. The number of hydrogen-bond donors (Lipinski definition) is 1. The third-order valence-electron chi connectivity index (χ3n) is 2.08. The molecule has 5 heteroatoms. The van der Waals surface area contributed by atoms with Crippen molar-refractivity contribution in [3.63, 3.8) is 0 Å². The zero-order chi connectivity index (χ0) is 11.5. The Bertz CT molecular complexity index is 528. The molecule has 0 fully saturated rings. The third-order valence-corrected chi connectivity index (χ3v) is 2.36. The number of carbonyl (C=O) groups excluding carboxylic acids is 1. The molecule has 0 radical (unpaired) electrons. The molecule has 0 saturated carbocycles. The summed E-state index contributed by atoms with van der Waals surface area (Å²) in [6.45, 7) is 0. The van der Waals surface area contributed by atoms with Crippen LogP contribution in [0.2, 0.25) is 5.15 Å². The lowest BCUT2D eigenvalue weighted by Gasteiger charge is -2.02. The van der Waals surface area contributed by atoms with Crippen molar-refractivity contribution in [3.05, 3.63) is 47.1 Å². The molecule has 0 aliphatic heterocycles. The average molecular weight is 234 g/mol. The SMILES string of the molecule is NC(=O)c1cc(-c2ccccc2)nnc1Cl.